The number of ether oxygens (including phenoxy) is 1. The van der Waals surface area contributed by atoms with Crippen molar-refractivity contribution < 1.29 is 14.3 Å². The summed E-state index contributed by atoms with van der Waals surface area (Å²) in [5.41, 5.74) is 2.69. The number of carbonyl (C=O) groups is 2. The number of hydrogen-bond acceptors (Lipinski definition) is 3. The molecule has 3 aromatic rings. The van der Waals surface area contributed by atoms with E-state index in [1.807, 2.05) is 91.0 Å². The average Bonchev–Trinajstić information content (AvgIpc) is 3.38. The molecule has 5 nitrogen and oxygen atoms in total. The lowest BCUT2D eigenvalue weighted by Crippen LogP contribution is -2.45. The zero-order valence-corrected chi connectivity index (χ0v) is 18.7. The number of rotatable bonds is 9. The zero-order valence-electron chi connectivity index (χ0n) is 18.7. The Morgan fingerprint density at radius 2 is 1.48 bits per heavy atom. The van der Waals surface area contributed by atoms with Gasteiger partial charge < -0.3 is 15.0 Å². The third-order valence-electron chi connectivity index (χ3n) is 5.92. The first-order valence-corrected chi connectivity index (χ1v) is 11.5. The van der Waals surface area contributed by atoms with Gasteiger partial charge in [-0.1, -0.05) is 91.0 Å². The summed E-state index contributed by atoms with van der Waals surface area (Å²) in [4.78, 5) is 28.8. The van der Waals surface area contributed by atoms with Gasteiger partial charge in [-0.15, -0.1) is 0 Å². The fraction of sp³-hybridized carbons (Fsp3) is 0.286. The largest absolute Gasteiger partial charge is 0.376 e. The molecule has 1 aliphatic rings. The Kier molecular flexibility index (Phi) is 7.88. The van der Waals surface area contributed by atoms with Crippen LogP contribution >= 0.6 is 0 Å². The third kappa shape index (κ3) is 6.30. The minimum Gasteiger partial charge on any atom is -0.376 e. The molecule has 0 unspecified atom stereocenters. The highest BCUT2D eigenvalue weighted by atomic mass is 16.5. The number of hydrogen-bond donors (Lipinski definition) is 1. The summed E-state index contributed by atoms with van der Waals surface area (Å²) >= 11 is 0. The summed E-state index contributed by atoms with van der Waals surface area (Å²) in [5.74, 6) is -0.278. The van der Waals surface area contributed by atoms with Crippen molar-refractivity contribution in [2.24, 2.45) is 0 Å². The van der Waals surface area contributed by atoms with Crippen molar-refractivity contribution in [3.63, 3.8) is 0 Å². The van der Waals surface area contributed by atoms with Crippen LogP contribution < -0.4 is 5.32 Å². The van der Waals surface area contributed by atoms with Gasteiger partial charge in [0.2, 0.25) is 11.8 Å². The van der Waals surface area contributed by atoms with Gasteiger partial charge in [-0.3, -0.25) is 9.59 Å². The average molecular weight is 443 g/mol. The quantitative estimate of drug-likeness (QED) is 0.538. The maximum Gasteiger partial charge on any atom is 0.247 e. The van der Waals surface area contributed by atoms with Crippen LogP contribution in [0, 0.1) is 0 Å². The summed E-state index contributed by atoms with van der Waals surface area (Å²) in [5, 5.41) is 3.05. The minimum absolute atomic E-state index is 0.0352. The van der Waals surface area contributed by atoms with Crippen molar-refractivity contribution in [3.05, 3.63) is 108 Å². The highest BCUT2D eigenvalue weighted by Crippen LogP contribution is 2.25. The molecule has 0 aromatic heterocycles. The summed E-state index contributed by atoms with van der Waals surface area (Å²) in [6, 6.07) is 28.3. The van der Waals surface area contributed by atoms with Gasteiger partial charge in [0, 0.05) is 19.7 Å². The van der Waals surface area contributed by atoms with Crippen molar-refractivity contribution in [1.82, 2.24) is 10.2 Å². The van der Waals surface area contributed by atoms with E-state index in [1.165, 1.54) is 0 Å². The molecule has 0 aliphatic carbocycles. The molecule has 1 N–H and O–H groups in total. The van der Waals surface area contributed by atoms with Gasteiger partial charge in [-0.05, 0) is 29.5 Å². The highest BCUT2D eigenvalue weighted by Gasteiger charge is 2.32. The fourth-order valence-corrected chi connectivity index (χ4v) is 4.20. The number of amides is 2. The summed E-state index contributed by atoms with van der Waals surface area (Å²) in [7, 11) is 0. The van der Waals surface area contributed by atoms with Crippen LogP contribution in [0.25, 0.3) is 0 Å². The lowest BCUT2D eigenvalue weighted by molar-refractivity contribution is -0.141. The second kappa shape index (κ2) is 11.4. The van der Waals surface area contributed by atoms with E-state index < -0.39 is 6.04 Å². The van der Waals surface area contributed by atoms with E-state index in [9.17, 15) is 9.59 Å². The molecule has 1 heterocycles. The Balaban J connectivity index is 1.63. The molecule has 0 radical (unpaired) electrons. The topological polar surface area (TPSA) is 58.6 Å². The van der Waals surface area contributed by atoms with Crippen molar-refractivity contribution in [3.8, 4) is 0 Å². The maximum absolute atomic E-state index is 13.6. The Labute approximate surface area is 195 Å². The first kappa shape index (κ1) is 22.7. The molecule has 2 atom stereocenters. The van der Waals surface area contributed by atoms with Gasteiger partial charge in [0.1, 0.15) is 6.04 Å². The van der Waals surface area contributed by atoms with Crippen molar-refractivity contribution >= 4 is 11.8 Å². The normalized spacial score (nSPS) is 16.2. The predicted molar refractivity (Wildman–Crippen MR) is 128 cm³/mol. The van der Waals surface area contributed by atoms with Crippen LogP contribution in [0.3, 0.4) is 0 Å². The van der Waals surface area contributed by atoms with Gasteiger partial charge in [0.15, 0.2) is 0 Å². The monoisotopic (exact) mass is 442 g/mol. The number of benzene rings is 3. The van der Waals surface area contributed by atoms with Crippen molar-refractivity contribution in [2.75, 3.05) is 13.2 Å². The van der Waals surface area contributed by atoms with Gasteiger partial charge in [0.25, 0.3) is 0 Å². The van der Waals surface area contributed by atoms with Gasteiger partial charge in [0.05, 0.1) is 12.5 Å². The zero-order chi connectivity index (χ0) is 22.9. The molecule has 2 amide bonds. The highest BCUT2D eigenvalue weighted by molar-refractivity contribution is 5.89. The van der Waals surface area contributed by atoms with E-state index in [1.54, 1.807) is 4.90 Å². The van der Waals surface area contributed by atoms with Crippen LogP contribution in [0.1, 0.15) is 35.6 Å². The first-order chi connectivity index (χ1) is 16.2. The minimum atomic E-state index is -0.732. The molecular weight excluding hydrogens is 412 g/mol. The lowest BCUT2D eigenvalue weighted by atomic mass is 10.0. The van der Waals surface area contributed by atoms with Crippen LogP contribution in [0.2, 0.25) is 0 Å². The molecule has 4 rings (SSSR count). The molecule has 1 fully saturated rings. The molecule has 0 spiro atoms. The van der Waals surface area contributed by atoms with E-state index in [0.29, 0.717) is 13.1 Å². The Morgan fingerprint density at radius 1 is 0.879 bits per heavy atom. The number of nitrogens with zero attached hydrogens (tertiary/aromatic N) is 1. The molecule has 33 heavy (non-hydrogen) atoms. The van der Waals surface area contributed by atoms with E-state index in [4.69, 9.17) is 4.74 Å². The van der Waals surface area contributed by atoms with E-state index >= 15 is 0 Å². The Morgan fingerprint density at radius 3 is 2.09 bits per heavy atom. The summed E-state index contributed by atoms with van der Waals surface area (Å²) in [6.45, 7) is 1.53. The number of nitrogens with one attached hydrogen (secondary N) is 1. The summed E-state index contributed by atoms with van der Waals surface area (Å²) < 4.78 is 5.68. The molecule has 0 saturated carbocycles. The molecular formula is C28H30N2O3. The molecule has 1 saturated heterocycles. The maximum atomic E-state index is 13.6. The van der Waals surface area contributed by atoms with Crippen LogP contribution in [0.4, 0.5) is 0 Å². The molecule has 1 aliphatic heterocycles. The first-order valence-electron chi connectivity index (χ1n) is 11.5. The second-order valence-electron chi connectivity index (χ2n) is 8.36. The van der Waals surface area contributed by atoms with Gasteiger partial charge >= 0.3 is 0 Å². The van der Waals surface area contributed by atoms with E-state index in [0.717, 1.165) is 36.1 Å². The van der Waals surface area contributed by atoms with Crippen LogP contribution in [0.15, 0.2) is 91.0 Å². The fourth-order valence-electron chi connectivity index (χ4n) is 4.20. The molecule has 5 heteroatoms. The smallest absolute Gasteiger partial charge is 0.247 e. The standard InChI is InChI=1S/C28H30N2O3/c31-26(19-22-11-4-1-5-12-22)30(21-23-13-6-2-7-14-23)27(24-15-8-3-9-16-24)28(32)29-20-25-17-10-18-33-25/h1-9,11-16,25,27H,10,17-21H2,(H,29,32)/t25-,27-/m0/s1. The predicted octanol–water partition coefficient (Wildman–Crippen LogP) is 4.29. The van der Waals surface area contributed by atoms with Gasteiger partial charge in [-0.2, -0.15) is 0 Å². The van der Waals surface area contributed by atoms with Crippen LogP contribution in [-0.2, 0) is 27.3 Å². The molecule has 170 valence electrons. The SMILES string of the molecule is O=C(NC[C@@H]1CCCO1)[C@H](c1ccccc1)N(Cc1ccccc1)C(=O)Cc1ccccc1. The van der Waals surface area contributed by atoms with Crippen LogP contribution in [0.5, 0.6) is 0 Å². The molecule has 3 aromatic carbocycles. The van der Waals surface area contributed by atoms with E-state index in [-0.39, 0.29) is 24.3 Å². The Bertz CT molecular complexity index is 1020. The van der Waals surface area contributed by atoms with Gasteiger partial charge in [-0.25, -0.2) is 0 Å². The van der Waals surface area contributed by atoms with E-state index in [2.05, 4.69) is 5.32 Å². The Hall–Kier alpha value is -3.44. The number of carbonyl (C=O) groups excluding carboxylic acids is 2. The van der Waals surface area contributed by atoms with Crippen LogP contribution in [-0.4, -0.2) is 36.0 Å². The third-order valence-corrected chi connectivity index (χ3v) is 5.92. The van der Waals surface area contributed by atoms with Crippen molar-refractivity contribution in [1.29, 1.82) is 0 Å². The summed E-state index contributed by atoms with van der Waals surface area (Å²) in [6.07, 6.45) is 2.22. The van der Waals surface area contributed by atoms with Crippen molar-refractivity contribution in [2.45, 2.75) is 38.0 Å². The second-order valence-corrected chi connectivity index (χ2v) is 8.36. The lowest BCUT2D eigenvalue weighted by Gasteiger charge is -2.32. The molecule has 0 bridgehead atoms.